The van der Waals surface area contributed by atoms with Crippen molar-refractivity contribution in [1.82, 2.24) is 20.3 Å². The number of urea groups is 1. The van der Waals surface area contributed by atoms with Gasteiger partial charge < -0.3 is 19.6 Å². The SMILES string of the molecule is Cc1noc(C)c1CC(=O)N1CCN(C(=O)NC(C)c2ccc(Cl)s2)CC1. The van der Waals surface area contributed by atoms with E-state index in [2.05, 4.69) is 10.5 Å². The van der Waals surface area contributed by atoms with Crippen molar-refractivity contribution in [3.8, 4) is 0 Å². The number of thiophene rings is 1. The monoisotopic (exact) mass is 410 g/mol. The van der Waals surface area contributed by atoms with Crippen LogP contribution < -0.4 is 5.32 Å². The Balaban J connectivity index is 1.49. The average Bonchev–Trinajstić information content (AvgIpc) is 3.22. The van der Waals surface area contributed by atoms with Crippen molar-refractivity contribution in [3.05, 3.63) is 38.4 Å². The highest BCUT2D eigenvalue weighted by Gasteiger charge is 2.26. The molecule has 1 saturated heterocycles. The lowest BCUT2D eigenvalue weighted by atomic mass is 10.1. The number of amides is 3. The van der Waals surface area contributed by atoms with Crippen molar-refractivity contribution < 1.29 is 14.1 Å². The van der Waals surface area contributed by atoms with Crippen molar-refractivity contribution in [2.24, 2.45) is 0 Å². The summed E-state index contributed by atoms with van der Waals surface area (Å²) >= 11 is 7.41. The molecule has 9 heteroatoms. The summed E-state index contributed by atoms with van der Waals surface area (Å²) in [5, 5.41) is 6.88. The molecule has 27 heavy (non-hydrogen) atoms. The minimum atomic E-state index is -0.121. The maximum absolute atomic E-state index is 12.5. The molecule has 0 saturated carbocycles. The molecule has 1 N–H and O–H groups in total. The van der Waals surface area contributed by atoms with Crippen LogP contribution in [0.5, 0.6) is 0 Å². The maximum Gasteiger partial charge on any atom is 0.318 e. The van der Waals surface area contributed by atoms with Crippen molar-refractivity contribution >= 4 is 34.9 Å². The third-order valence-corrected chi connectivity index (χ3v) is 6.20. The van der Waals surface area contributed by atoms with Crippen LogP contribution >= 0.6 is 22.9 Å². The third-order valence-electron chi connectivity index (χ3n) is 4.79. The first kappa shape index (κ1) is 19.7. The number of aromatic nitrogens is 1. The first-order chi connectivity index (χ1) is 12.8. The topological polar surface area (TPSA) is 78.7 Å². The number of rotatable bonds is 4. The van der Waals surface area contributed by atoms with E-state index >= 15 is 0 Å². The van der Waals surface area contributed by atoms with Gasteiger partial charge in [-0.15, -0.1) is 11.3 Å². The molecular formula is C18H23ClN4O3S. The molecule has 1 unspecified atom stereocenters. The molecule has 1 fully saturated rings. The largest absolute Gasteiger partial charge is 0.361 e. The second-order valence-corrected chi connectivity index (χ2v) is 8.41. The van der Waals surface area contributed by atoms with Crippen LogP contribution in [0.25, 0.3) is 0 Å². The molecule has 0 radical (unpaired) electrons. The Hall–Kier alpha value is -2.06. The molecule has 0 bridgehead atoms. The quantitative estimate of drug-likeness (QED) is 0.839. The summed E-state index contributed by atoms with van der Waals surface area (Å²) in [5.74, 6) is 0.715. The fourth-order valence-corrected chi connectivity index (χ4v) is 4.15. The van der Waals surface area contributed by atoms with Crippen LogP contribution in [0.4, 0.5) is 4.79 Å². The zero-order chi connectivity index (χ0) is 19.6. The fourth-order valence-electron chi connectivity index (χ4n) is 3.08. The number of piperazine rings is 1. The predicted molar refractivity (Wildman–Crippen MR) is 104 cm³/mol. The van der Waals surface area contributed by atoms with Gasteiger partial charge in [0.15, 0.2) is 0 Å². The van der Waals surface area contributed by atoms with E-state index in [1.807, 2.05) is 32.9 Å². The Morgan fingerprint density at radius 3 is 2.48 bits per heavy atom. The lowest BCUT2D eigenvalue weighted by Gasteiger charge is -2.35. The molecule has 0 aliphatic carbocycles. The van der Waals surface area contributed by atoms with E-state index in [0.29, 0.717) is 36.3 Å². The highest BCUT2D eigenvalue weighted by Crippen LogP contribution is 2.26. The summed E-state index contributed by atoms with van der Waals surface area (Å²) in [6.45, 7) is 7.65. The summed E-state index contributed by atoms with van der Waals surface area (Å²) in [6.07, 6.45) is 0.281. The molecule has 2 aromatic heterocycles. The van der Waals surface area contributed by atoms with Gasteiger partial charge in [0.05, 0.1) is 22.5 Å². The number of aryl methyl sites for hydroxylation is 2. The Kier molecular flexibility index (Phi) is 6.06. The van der Waals surface area contributed by atoms with Crippen molar-refractivity contribution in [2.45, 2.75) is 33.2 Å². The van der Waals surface area contributed by atoms with Gasteiger partial charge in [0.2, 0.25) is 5.91 Å². The molecule has 3 rings (SSSR count). The third kappa shape index (κ3) is 4.62. The van der Waals surface area contributed by atoms with Gasteiger partial charge in [-0.05, 0) is 32.9 Å². The Bertz CT molecular complexity index is 807. The second kappa shape index (κ2) is 8.31. The summed E-state index contributed by atoms with van der Waals surface area (Å²) in [4.78, 5) is 29.6. The van der Waals surface area contributed by atoms with Crippen molar-refractivity contribution in [1.29, 1.82) is 0 Å². The molecular weight excluding hydrogens is 388 g/mol. The van der Waals surface area contributed by atoms with Crippen molar-refractivity contribution in [2.75, 3.05) is 26.2 Å². The summed E-state index contributed by atoms with van der Waals surface area (Å²) in [5.41, 5.74) is 1.60. The zero-order valence-corrected chi connectivity index (χ0v) is 17.2. The first-order valence-electron chi connectivity index (χ1n) is 8.85. The lowest BCUT2D eigenvalue weighted by molar-refractivity contribution is -0.131. The molecule has 146 valence electrons. The zero-order valence-electron chi connectivity index (χ0n) is 15.6. The van der Waals surface area contributed by atoms with Gasteiger partial charge in [0.1, 0.15) is 5.76 Å². The summed E-state index contributed by atoms with van der Waals surface area (Å²) in [7, 11) is 0. The predicted octanol–water partition coefficient (Wildman–Crippen LogP) is 3.16. The van der Waals surface area contributed by atoms with Crippen LogP contribution in [-0.4, -0.2) is 53.1 Å². The number of carbonyl (C=O) groups excluding carboxylic acids is 2. The highest BCUT2D eigenvalue weighted by molar-refractivity contribution is 7.16. The number of nitrogens with zero attached hydrogens (tertiary/aromatic N) is 3. The van der Waals surface area contributed by atoms with E-state index in [-0.39, 0.29) is 24.4 Å². The van der Waals surface area contributed by atoms with E-state index in [1.165, 1.54) is 11.3 Å². The fraction of sp³-hybridized carbons (Fsp3) is 0.500. The number of halogens is 1. The van der Waals surface area contributed by atoms with Crippen LogP contribution in [0.3, 0.4) is 0 Å². The molecule has 7 nitrogen and oxygen atoms in total. The lowest BCUT2D eigenvalue weighted by Crippen LogP contribution is -2.53. The van der Waals surface area contributed by atoms with Gasteiger partial charge in [-0.25, -0.2) is 4.79 Å². The smallest absolute Gasteiger partial charge is 0.318 e. The number of hydrogen-bond acceptors (Lipinski definition) is 5. The van der Waals surface area contributed by atoms with Crippen LogP contribution in [0.1, 0.15) is 34.9 Å². The Morgan fingerprint density at radius 1 is 1.26 bits per heavy atom. The van der Waals surface area contributed by atoms with E-state index in [4.69, 9.17) is 16.1 Å². The standard InChI is InChI=1S/C18H23ClN4O3S/c1-11-14(13(3)26-21-11)10-17(24)22-6-8-23(9-7-22)18(25)20-12(2)15-4-5-16(19)27-15/h4-5,12H,6-10H2,1-3H3,(H,20,25). The Morgan fingerprint density at radius 2 is 1.93 bits per heavy atom. The number of hydrogen-bond donors (Lipinski definition) is 1. The number of carbonyl (C=O) groups is 2. The number of nitrogens with one attached hydrogen (secondary N) is 1. The van der Waals surface area contributed by atoms with Gasteiger partial charge in [0.25, 0.3) is 0 Å². The van der Waals surface area contributed by atoms with E-state index in [0.717, 1.165) is 16.1 Å². The van der Waals surface area contributed by atoms with E-state index in [9.17, 15) is 9.59 Å². The molecule has 3 heterocycles. The van der Waals surface area contributed by atoms with Gasteiger partial charge in [-0.1, -0.05) is 16.8 Å². The minimum Gasteiger partial charge on any atom is -0.361 e. The van der Waals surface area contributed by atoms with Crippen LogP contribution in [0.2, 0.25) is 4.34 Å². The van der Waals surface area contributed by atoms with Gasteiger partial charge >= 0.3 is 6.03 Å². The summed E-state index contributed by atoms with van der Waals surface area (Å²) in [6, 6.07) is 3.52. The average molecular weight is 411 g/mol. The van der Waals surface area contributed by atoms with Crippen LogP contribution in [-0.2, 0) is 11.2 Å². The van der Waals surface area contributed by atoms with Gasteiger partial charge in [0, 0.05) is 36.6 Å². The normalized spacial score (nSPS) is 15.7. The minimum absolute atomic E-state index is 0.0334. The molecule has 1 aliphatic heterocycles. The van der Waals surface area contributed by atoms with Crippen LogP contribution in [0, 0.1) is 13.8 Å². The second-order valence-electron chi connectivity index (χ2n) is 6.66. The van der Waals surface area contributed by atoms with E-state index in [1.54, 1.807) is 9.80 Å². The Labute approximate surface area is 167 Å². The van der Waals surface area contributed by atoms with Crippen molar-refractivity contribution in [3.63, 3.8) is 0 Å². The van der Waals surface area contributed by atoms with Crippen LogP contribution in [0.15, 0.2) is 16.7 Å². The molecule has 1 aliphatic rings. The molecule has 1 atom stereocenters. The van der Waals surface area contributed by atoms with Gasteiger partial charge in [-0.2, -0.15) is 0 Å². The van der Waals surface area contributed by atoms with E-state index < -0.39 is 0 Å². The molecule has 3 amide bonds. The summed E-state index contributed by atoms with van der Waals surface area (Å²) < 4.78 is 5.82. The van der Waals surface area contributed by atoms with Gasteiger partial charge in [-0.3, -0.25) is 4.79 Å². The molecule has 0 aromatic carbocycles. The highest BCUT2D eigenvalue weighted by atomic mass is 35.5. The maximum atomic E-state index is 12.5. The molecule has 2 aromatic rings. The molecule has 0 spiro atoms. The first-order valence-corrected chi connectivity index (χ1v) is 10.0.